The molecular formula is C17H29NO2. The van der Waals surface area contributed by atoms with E-state index in [0.29, 0.717) is 5.41 Å². The van der Waals surface area contributed by atoms with Gasteiger partial charge in [-0.15, -0.1) is 0 Å². The summed E-state index contributed by atoms with van der Waals surface area (Å²) >= 11 is 0. The second-order valence-corrected chi connectivity index (χ2v) is 8.15. The lowest BCUT2D eigenvalue weighted by Crippen LogP contribution is -2.40. The van der Waals surface area contributed by atoms with Crippen molar-refractivity contribution >= 4 is 5.97 Å². The van der Waals surface area contributed by atoms with Crippen LogP contribution in [0.3, 0.4) is 0 Å². The molecule has 2 N–H and O–H groups in total. The molecule has 0 spiro atoms. The Morgan fingerprint density at radius 1 is 1.10 bits per heavy atom. The number of esters is 1. The molecule has 3 aliphatic carbocycles. The van der Waals surface area contributed by atoms with Crippen molar-refractivity contribution < 1.29 is 9.53 Å². The molecule has 0 aromatic heterocycles. The molecule has 0 saturated heterocycles. The summed E-state index contributed by atoms with van der Waals surface area (Å²) < 4.78 is 5.98. The second-order valence-electron chi connectivity index (χ2n) is 8.15. The van der Waals surface area contributed by atoms with Crippen LogP contribution in [0.1, 0.15) is 65.7 Å². The second kappa shape index (κ2) is 4.72. The summed E-state index contributed by atoms with van der Waals surface area (Å²) in [7, 11) is 0. The van der Waals surface area contributed by atoms with E-state index in [-0.39, 0.29) is 29.4 Å². The molecule has 114 valence electrons. The molecule has 0 heterocycles. The molecule has 0 amide bonds. The third-order valence-electron chi connectivity index (χ3n) is 7.08. The highest BCUT2D eigenvalue weighted by atomic mass is 16.5. The number of carbonyl (C=O) groups is 1. The Bertz CT molecular complexity index is 398. The van der Waals surface area contributed by atoms with Crippen molar-refractivity contribution in [2.24, 2.45) is 28.4 Å². The molecule has 2 bridgehead atoms. The van der Waals surface area contributed by atoms with Crippen LogP contribution in [0.4, 0.5) is 0 Å². The predicted molar refractivity (Wildman–Crippen MR) is 79.0 cm³/mol. The smallest absolute Gasteiger partial charge is 0.309 e. The lowest BCUT2D eigenvalue weighted by molar-refractivity contribution is -0.163. The largest absolute Gasteiger partial charge is 0.462 e. The van der Waals surface area contributed by atoms with E-state index >= 15 is 0 Å². The van der Waals surface area contributed by atoms with Crippen molar-refractivity contribution in [1.82, 2.24) is 0 Å². The molecule has 0 aliphatic heterocycles. The fourth-order valence-corrected chi connectivity index (χ4v) is 4.90. The van der Waals surface area contributed by atoms with Crippen molar-refractivity contribution in [3.63, 3.8) is 0 Å². The highest BCUT2D eigenvalue weighted by Crippen LogP contribution is 2.66. The van der Waals surface area contributed by atoms with Crippen LogP contribution in [0.2, 0.25) is 0 Å². The minimum atomic E-state index is 0.0477. The zero-order valence-electron chi connectivity index (χ0n) is 13.2. The summed E-state index contributed by atoms with van der Waals surface area (Å²) in [5, 5.41) is 0. The van der Waals surface area contributed by atoms with Crippen LogP contribution in [0, 0.1) is 22.7 Å². The number of ether oxygens (including phenoxy) is 1. The first-order valence-corrected chi connectivity index (χ1v) is 8.30. The molecule has 3 rings (SSSR count). The van der Waals surface area contributed by atoms with Crippen molar-refractivity contribution in [3.8, 4) is 0 Å². The lowest BCUT2D eigenvalue weighted by Gasteiger charge is -2.39. The number of hydrogen-bond acceptors (Lipinski definition) is 3. The molecule has 3 atom stereocenters. The highest BCUT2D eigenvalue weighted by Gasteiger charge is 2.63. The molecule has 20 heavy (non-hydrogen) atoms. The molecule has 3 aliphatic rings. The third kappa shape index (κ3) is 2.01. The van der Waals surface area contributed by atoms with Crippen LogP contribution in [0.15, 0.2) is 0 Å². The predicted octanol–water partition coefficient (Wildman–Crippen LogP) is 3.26. The minimum absolute atomic E-state index is 0.0477. The normalized spacial score (nSPS) is 46.4. The number of carbonyl (C=O) groups excluding carboxylic acids is 1. The van der Waals surface area contributed by atoms with E-state index in [1.54, 1.807) is 0 Å². The van der Waals surface area contributed by atoms with E-state index in [1.165, 1.54) is 12.8 Å². The van der Waals surface area contributed by atoms with Gasteiger partial charge in [-0.05, 0) is 56.3 Å². The summed E-state index contributed by atoms with van der Waals surface area (Å²) in [6, 6.07) is 0.290. The topological polar surface area (TPSA) is 52.3 Å². The summed E-state index contributed by atoms with van der Waals surface area (Å²) in [6.07, 6.45) is 7.48. The van der Waals surface area contributed by atoms with Crippen molar-refractivity contribution in [3.05, 3.63) is 0 Å². The van der Waals surface area contributed by atoms with Gasteiger partial charge in [-0.3, -0.25) is 4.79 Å². The quantitative estimate of drug-likeness (QED) is 0.789. The zero-order chi connectivity index (χ0) is 14.5. The van der Waals surface area contributed by atoms with Gasteiger partial charge in [0.05, 0.1) is 5.92 Å². The van der Waals surface area contributed by atoms with E-state index in [1.807, 2.05) is 0 Å². The zero-order valence-corrected chi connectivity index (χ0v) is 13.2. The van der Waals surface area contributed by atoms with Crippen LogP contribution in [-0.4, -0.2) is 18.1 Å². The van der Waals surface area contributed by atoms with Gasteiger partial charge in [-0.1, -0.05) is 20.8 Å². The Balaban J connectivity index is 1.63. The van der Waals surface area contributed by atoms with Crippen LogP contribution < -0.4 is 5.73 Å². The molecule has 0 radical (unpaired) electrons. The number of fused-ring (bicyclic) bond motifs is 2. The standard InChI is InChI=1S/C17H29NO2/c1-16(2)12-8-9-17(16,3)14(10-12)20-15(19)11-4-6-13(18)7-5-11/h11-14H,4-10,18H2,1-3H3. The summed E-state index contributed by atoms with van der Waals surface area (Å²) in [5.74, 6) is 0.872. The van der Waals surface area contributed by atoms with Gasteiger partial charge in [0.25, 0.3) is 0 Å². The lowest BCUT2D eigenvalue weighted by atomic mass is 9.70. The first-order chi connectivity index (χ1) is 9.34. The van der Waals surface area contributed by atoms with Gasteiger partial charge in [0.15, 0.2) is 0 Å². The Kier molecular flexibility index (Phi) is 3.39. The van der Waals surface area contributed by atoms with Gasteiger partial charge in [0.2, 0.25) is 0 Å². The first-order valence-electron chi connectivity index (χ1n) is 8.30. The molecular weight excluding hydrogens is 250 g/mol. The highest BCUT2D eigenvalue weighted by molar-refractivity contribution is 5.72. The van der Waals surface area contributed by atoms with E-state index in [4.69, 9.17) is 10.5 Å². The first kappa shape index (κ1) is 14.4. The van der Waals surface area contributed by atoms with Crippen molar-refractivity contribution in [2.75, 3.05) is 0 Å². The van der Waals surface area contributed by atoms with Gasteiger partial charge < -0.3 is 10.5 Å². The number of hydrogen-bond donors (Lipinski definition) is 1. The number of nitrogens with two attached hydrogens (primary N) is 1. The summed E-state index contributed by atoms with van der Waals surface area (Å²) in [5.41, 5.74) is 6.41. The maximum atomic E-state index is 12.4. The van der Waals surface area contributed by atoms with Crippen LogP contribution in [0.5, 0.6) is 0 Å². The molecule has 3 fully saturated rings. The summed E-state index contributed by atoms with van der Waals surface area (Å²) in [4.78, 5) is 12.4. The van der Waals surface area contributed by atoms with E-state index in [0.717, 1.165) is 38.0 Å². The van der Waals surface area contributed by atoms with E-state index < -0.39 is 0 Å². The molecule has 3 nitrogen and oxygen atoms in total. The Morgan fingerprint density at radius 2 is 1.75 bits per heavy atom. The Morgan fingerprint density at radius 3 is 2.25 bits per heavy atom. The third-order valence-corrected chi connectivity index (χ3v) is 7.08. The fraction of sp³-hybridized carbons (Fsp3) is 0.941. The van der Waals surface area contributed by atoms with Gasteiger partial charge >= 0.3 is 5.97 Å². The molecule has 3 saturated carbocycles. The summed E-state index contributed by atoms with van der Waals surface area (Å²) in [6.45, 7) is 7.05. The van der Waals surface area contributed by atoms with Crippen LogP contribution in [0.25, 0.3) is 0 Å². The average Bonchev–Trinajstić information content (AvgIpc) is 2.72. The Labute approximate surface area is 122 Å². The monoisotopic (exact) mass is 279 g/mol. The van der Waals surface area contributed by atoms with Crippen molar-refractivity contribution in [1.29, 1.82) is 0 Å². The maximum Gasteiger partial charge on any atom is 0.309 e. The van der Waals surface area contributed by atoms with E-state index in [9.17, 15) is 4.79 Å². The van der Waals surface area contributed by atoms with Gasteiger partial charge in [-0.25, -0.2) is 0 Å². The van der Waals surface area contributed by atoms with Crippen molar-refractivity contribution in [2.45, 2.75) is 77.9 Å². The fourth-order valence-electron chi connectivity index (χ4n) is 4.90. The van der Waals surface area contributed by atoms with Gasteiger partial charge in [-0.2, -0.15) is 0 Å². The molecule has 0 aromatic carbocycles. The van der Waals surface area contributed by atoms with Crippen LogP contribution >= 0.6 is 0 Å². The van der Waals surface area contributed by atoms with Gasteiger partial charge in [0, 0.05) is 11.5 Å². The van der Waals surface area contributed by atoms with Gasteiger partial charge in [0.1, 0.15) is 6.10 Å². The molecule has 3 heteroatoms. The molecule has 0 aromatic rings. The Hall–Kier alpha value is -0.570. The maximum absolute atomic E-state index is 12.4. The van der Waals surface area contributed by atoms with Crippen LogP contribution in [-0.2, 0) is 9.53 Å². The molecule has 3 unspecified atom stereocenters. The minimum Gasteiger partial charge on any atom is -0.462 e. The van der Waals surface area contributed by atoms with E-state index in [2.05, 4.69) is 20.8 Å². The SMILES string of the molecule is CC1(C)C2CCC1(C)C(OC(=O)C1CCC(N)CC1)C2. The number of rotatable bonds is 2. The average molecular weight is 279 g/mol.